The third-order valence-electron chi connectivity index (χ3n) is 3.08. The van der Waals surface area contributed by atoms with Crippen LogP contribution in [0.1, 0.15) is 32.3 Å². The lowest BCUT2D eigenvalue weighted by molar-refractivity contribution is -0.386. The Balaban J connectivity index is 0.000000221. The number of hydrogen-bond donors (Lipinski definition) is 1. The minimum absolute atomic E-state index is 0.192. The molecule has 0 bridgehead atoms. The lowest BCUT2D eigenvalue weighted by Gasteiger charge is -2.03. The van der Waals surface area contributed by atoms with Crippen LogP contribution < -0.4 is 10.8 Å². The van der Waals surface area contributed by atoms with Crippen molar-refractivity contribution in [3.05, 3.63) is 48.0 Å². The second kappa shape index (κ2) is 8.33. The SMILES string of the molecule is CC(C)CCC(=O)[O-].[NH3+]Cc1cccc2ccccc12. The molecule has 20 heavy (non-hydrogen) atoms. The van der Waals surface area contributed by atoms with E-state index in [9.17, 15) is 9.90 Å². The van der Waals surface area contributed by atoms with Gasteiger partial charge < -0.3 is 15.6 Å². The van der Waals surface area contributed by atoms with Gasteiger partial charge in [-0.2, -0.15) is 0 Å². The van der Waals surface area contributed by atoms with Gasteiger partial charge in [-0.05, 0) is 29.5 Å². The van der Waals surface area contributed by atoms with E-state index in [-0.39, 0.29) is 6.42 Å². The van der Waals surface area contributed by atoms with Crippen molar-refractivity contribution in [2.24, 2.45) is 5.92 Å². The first-order valence-corrected chi connectivity index (χ1v) is 7.00. The van der Waals surface area contributed by atoms with E-state index >= 15 is 0 Å². The first-order valence-electron chi connectivity index (χ1n) is 7.00. The van der Waals surface area contributed by atoms with Gasteiger partial charge in [-0.25, -0.2) is 0 Å². The molecule has 3 N–H and O–H groups in total. The number of aliphatic carboxylic acids is 1. The summed E-state index contributed by atoms with van der Waals surface area (Å²) >= 11 is 0. The molecule has 0 aliphatic rings. The van der Waals surface area contributed by atoms with E-state index in [0.717, 1.165) is 13.0 Å². The number of fused-ring (bicyclic) bond motifs is 1. The van der Waals surface area contributed by atoms with Gasteiger partial charge >= 0.3 is 0 Å². The number of carboxylic acid groups (broad SMARTS) is 1. The molecule has 3 heteroatoms. The van der Waals surface area contributed by atoms with E-state index in [2.05, 4.69) is 48.2 Å². The third-order valence-corrected chi connectivity index (χ3v) is 3.08. The van der Waals surface area contributed by atoms with E-state index in [4.69, 9.17) is 0 Å². The molecule has 0 heterocycles. The molecule has 0 fully saturated rings. The van der Waals surface area contributed by atoms with Gasteiger partial charge in [0.05, 0.1) is 0 Å². The van der Waals surface area contributed by atoms with Gasteiger partial charge in [0.1, 0.15) is 6.54 Å². The summed E-state index contributed by atoms with van der Waals surface area (Å²) in [6.45, 7) is 4.84. The van der Waals surface area contributed by atoms with Gasteiger partial charge in [-0.1, -0.05) is 56.3 Å². The van der Waals surface area contributed by atoms with E-state index in [0.29, 0.717) is 5.92 Å². The molecule has 2 rings (SSSR count). The van der Waals surface area contributed by atoms with Crippen LogP contribution in [0.4, 0.5) is 0 Å². The monoisotopic (exact) mass is 273 g/mol. The summed E-state index contributed by atoms with van der Waals surface area (Å²) in [6.07, 6.45) is 0.917. The fourth-order valence-corrected chi connectivity index (χ4v) is 1.92. The Bertz CT molecular complexity index is 544. The van der Waals surface area contributed by atoms with Crippen LogP contribution >= 0.6 is 0 Å². The first kappa shape index (κ1) is 16.2. The average molecular weight is 273 g/mol. The molecule has 2 aromatic carbocycles. The Labute approximate surface area is 120 Å². The highest BCUT2D eigenvalue weighted by molar-refractivity contribution is 5.85. The molecule has 0 saturated heterocycles. The Morgan fingerprint density at radius 3 is 2.35 bits per heavy atom. The van der Waals surface area contributed by atoms with E-state index in [1.807, 2.05) is 13.8 Å². The van der Waals surface area contributed by atoms with Crippen LogP contribution in [0.2, 0.25) is 0 Å². The largest absolute Gasteiger partial charge is 0.550 e. The summed E-state index contributed by atoms with van der Waals surface area (Å²) in [5, 5.41) is 12.4. The van der Waals surface area contributed by atoms with Gasteiger partial charge in [0.25, 0.3) is 0 Å². The van der Waals surface area contributed by atoms with Crippen molar-refractivity contribution in [3.63, 3.8) is 0 Å². The molecule has 0 amide bonds. The zero-order valence-corrected chi connectivity index (χ0v) is 12.3. The fourth-order valence-electron chi connectivity index (χ4n) is 1.92. The molecule has 0 atom stereocenters. The lowest BCUT2D eigenvalue weighted by atomic mass is 10.1. The molecule has 0 aliphatic carbocycles. The molecule has 0 spiro atoms. The number of rotatable bonds is 4. The molecule has 108 valence electrons. The average Bonchev–Trinajstić information content (AvgIpc) is 2.45. The van der Waals surface area contributed by atoms with Crippen molar-refractivity contribution < 1.29 is 15.6 Å². The highest BCUT2D eigenvalue weighted by atomic mass is 16.4. The molecule has 0 aliphatic heterocycles. The maximum atomic E-state index is 9.79. The van der Waals surface area contributed by atoms with Crippen LogP contribution in [0.15, 0.2) is 42.5 Å². The lowest BCUT2D eigenvalue weighted by Crippen LogP contribution is -2.47. The molecule has 0 saturated carbocycles. The summed E-state index contributed by atoms with van der Waals surface area (Å²) in [4.78, 5) is 9.79. The molecule has 0 unspecified atom stereocenters. The van der Waals surface area contributed by atoms with Gasteiger partial charge in [0.2, 0.25) is 0 Å². The molecule has 3 nitrogen and oxygen atoms in total. The predicted octanol–water partition coefficient (Wildman–Crippen LogP) is 1.75. The number of hydrogen-bond acceptors (Lipinski definition) is 2. The Morgan fingerprint density at radius 1 is 1.15 bits per heavy atom. The van der Waals surface area contributed by atoms with Gasteiger partial charge in [-0.3, -0.25) is 0 Å². The first-order chi connectivity index (χ1) is 9.54. The highest BCUT2D eigenvalue weighted by Gasteiger charge is 1.97. The number of carbonyl (C=O) groups excluding carboxylic acids is 1. The van der Waals surface area contributed by atoms with Crippen LogP contribution in [-0.4, -0.2) is 5.97 Å². The van der Waals surface area contributed by atoms with Gasteiger partial charge in [-0.15, -0.1) is 0 Å². The minimum Gasteiger partial charge on any atom is -0.550 e. The normalized spacial score (nSPS) is 10.2. The summed E-state index contributed by atoms with van der Waals surface area (Å²) in [7, 11) is 0. The second-order valence-corrected chi connectivity index (χ2v) is 5.19. The van der Waals surface area contributed by atoms with Crippen LogP contribution in [-0.2, 0) is 11.3 Å². The summed E-state index contributed by atoms with van der Waals surface area (Å²) < 4.78 is 0. The fraction of sp³-hybridized carbons (Fsp3) is 0.353. The topological polar surface area (TPSA) is 67.8 Å². The van der Waals surface area contributed by atoms with Crippen molar-refractivity contribution in [2.75, 3.05) is 0 Å². The Hall–Kier alpha value is -1.87. The van der Waals surface area contributed by atoms with E-state index in [1.54, 1.807) is 0 Å². The Morgan fingerprint density at radius 2 is 1.80 bits per heavy atom. The van der Waals surface area contributed by atoms with E-state index < -0.39 is 5.97 Å². The van der Waals surface area contributed by atoms with Crippen LogP contribution in [0.25, 0.3) is 10.8 Å². The van der Waals surface area contributed by atoms with Crippen molar-refractivity contribution >= 4 is 16.7 Å². The zero-order chi connectivity index (χ0) is 15.0. The van der Waals surface area contributed by atoms with Crippen molar-refractivity contribution in [3.8, 4) is 0 Å². The number of carbonyl (C=O) groups is 1. The number of carboxylic acids is 1. The van der Waals surface area contributed by atoms with Crippen molar-refractivity contribution in [1.29, 1.82) is 0 Å². The number of quaternary nitrogens is 1. The van der Waals surface area contributed by atoms with Crippen LogP contribution in [0.3, 0.4) is 0 Å². The van der Waals surface area contributed by atoms with Crippen LogP contribution in [0, 0.1) is 5.92 Å². The quantitative estimate of drug-likeness (QED) is 0.922. The summed E-state index contributed by atoms with van der Waals surface area (Å²) in [5.74, 6) is -0.480. The smallest absolute Gasteiger partial charge is 0.100 e. The van der Waals surface area contributed by atoms with Gasteiger partial charge in [0.15, 0.2) is 0 Å². The van der Waals surface area contributed by atoms with Gasteiger partial charge in [0, 0.05) is 11.5 Å². The summed E-state index contributed by atoms with van der Waals surface area (Å²) in [5.41, 5.74) is 5.23. The molecular formula is C17H23NO2. The zero-order valence-electron chi connectivity index (χ0n) is 12.3. The minimum atomic E-state index is -0.946. The molecule has 0 aromatic heterocycles. The predicted molar refractivity (Wildman–Crippen MR) is 79.6 cm³/mol. The number of benzene rings is 2. The maximum Gasteiger partial charge on any atom is 0.100 e. The summed E-state index contributed by atoms with van der Waals surface area (Å²) in [6, 6.07) is 14.8. The molecular weight excluding hydrogens is 250 g/mol. The standard InChI is InChI=1S/C11H11N.C6H12O2/c12-8-10-6-3-5-9-4-1-2-7-11(9)10;1-5(2)3-4-6(7)8/h1-7H,8,12H2;5H,3-4H2,1-2H3,(H,7,8). The second-order valence-electron chi connectivity index (χ2n) is 5.19. The highest BCUT2D eigenvalue weighted by Crippen LogP contribution is 2.17. The molecule has 2 aromatic rings. The maximum absolute atomic E-state index is 9.79. The molecule has 0 radical (unpaired) electrons. The van der Waals surface area contributed by atoms with Crippen LogP contribution in [0.5, 0.6) is 0 Å². The van der Waals surface area contributed by atoms with Crippen molar-refractivity contribution in [1.82, 2.24) is 0 Å². The Kier molecular flexibility index (Phi) is 6.74. The van der Waals surface area contributed by atoms with E-state index in [1.165, 1.54) is 16.3 Å². The third kappa shape index (κ3) is 5.41. The van der Waals surface area contributed by atoms with Crippen molar-refractivity contribution in [2.45, 2.75) is 33.2 Å².